The third-order valence-electron chi connectivity index (χ3n) is 2.52. The molecule has 0 aliphatic carbocycles. The van der Waals surface area contributed by atoms with Gasteiger partial charge >= 0.3 is 5.97 Å². The minimum Gasteiger partial charge on any atom is -0.469 e. The summed E-state index contributed by atoms with van der Waals surface area (Å²) in [5.74, 6) is -0.462. The second kappa shape index (κ2) is 8.76. The highest BCUT2D eigenvalue weighted by atomic mass is 79.9. The molecule has 20 heavy (non-hydrogen) atoms. The predicted octanol–water partition coefficient (Wildman–Crippen LogP) is 2.92. The van der Waals surface area contributed by atoms with Crippen LogP contribution in [-0.2, 0) is 14.3 Å². The highest BCUT2D eigenvalue weighted by Gasteiger charge is 2.20. The zero-order valence-corrected chi connectivity index (χ0v) is 15.1. The molecule has 0 saturated heterocycles. The van der Waals surface area contributed by atoms with Gasteiger partial charge in [-0.1, -0.05) is 0 Å². The van der Waals surface area contributed by atoms with Crippen LogP contribution in [0, 0.1) is 0 Å². The first kappa shape index (κ1) is 17.6. The summed E-state index contributed by atoms with van der Waals surface area (Å²) in [6.07, 6.45) is 0.166. The molecule has 5 nitrogen and oxygen atoms in total. The number of carbonyl (C=O) groups is 2. The van der Waals surface area contributed by atoms with Crippen molar-refractivity contribution in [2.24, 2.45) is 0 Å². The number of ether oxygens (including phenoxy) is 2. The van der Waals surface area contributed by atoms with E-state index >= 15 is 0 Å². The Morgan fingerprint density at radius 1 is 1.30 bits per heavy atom. The van der Waals surface area contributed by atoms with E-state index in [1.807, 2.05) is 0 Å². The number of amides is 1. The fraction of sp³-hybridized carbons (Fsp3) is 0.500. The number of thiophene rings is 1. The summed E-state index contributed by atoms with van der Waals surface area (Å²) in [5.41, 5.74) is 0. The van der Waals surface area contributed by atoms with Crippen LogP contribution in [0.2, 0.25) is 0 Å². The van der Waals surface area contributed by atoms with Gasteiger partial charge in [0.2, 0.25) is 0 Å². The Bertz CT molecular complexity index is 459. The summed E-state index contributed by atoms with van der Waals surface area (Å²) in [6.45, 7) is 1.15. The zero-order chi connectivity index (χ0) is 15.1. The molecule has 0 radical (unpaired) electrons. The van der Waals surface area contributed by atoms with Crippen molar-refractivity contribution in [3.8, 4) is 0 Å². The Kier molecular flexibility index (Phi) is 7.71. The first-order chi connectivity index (χ1) is 9.49. The van der Waals surface area contributed by atoms with Crippen LogP contribution in [0.5, 0.6) is 0 Å². The first-order valence-electron chi connectivity index (χ1n) is 5.79. The maximum atomic E-state index is 12.4. The van der Waals surface area contributed by atoms with Crippen LogP contribution in [0.3, 0.4) is 0 Å². The standard InChI is InChI=1S/C12H15Br2NO4S/c1-18-6-5-15(4-3-10(16)19-2)12(17)9-7-8(13)11(14)20-9/h7H,3-6H2,1-2H3. The highest BCUT2D eigenvalue weighted by Crippen LogP contribution is 2.33. The van der Waals surface area contributed by atoms with Crippen LogP contribution in [0.1, 0.15) is 16.1 Å². The second-order valence-corrected chi connectivity index (χ2v) is 7.07. The number of esters is 1. The van der Waals surface area contributed by atoms with Crippen molar-refractivity contribution >= 4 is 55.1 Å². The third kappa shape index (κ3) is 5.16. The summed E-state index contributed by atoms with van der Waals surface area (Å²) in [5, 5.41) is 0. The van der Waals surface area contributed by atoms with E-state index in [4.69, 9.17) is 4.74 Å². The van der Waals surface area contributed by atoms with Crippen molar-refractivity contribution in [1.82, 2.24) is 4.90 Å². The summed E-state index contributed by atoms with van der Waals surface area (Å²) < 4.78 is 11.3. The maximum Gasteiger partial charge on any atom is 0.307 e. The van der Waals surface area contributed by atoms with E-state index in [0.717, 1.165) is 8.26 Å². The van der Waals surface area contributed by atoms with E-state index in [1.165, 1.54) is 18.4 Å². The van der Waals surface area contributed by atoms with Crippen molar-refractivity contribution in [2.75, 3.05) is 33.9 Å². The molecule has 1 amide bonds. The molecular formula is C12H15Br2NO4S. The lowest BCUT2D eigenvalue weighted by Crippen LogP contribution is -2.35. The van der Waals surface area contributed by atoms with Gasteiger partial charge < -0.3 is 14.4 Å². The van der Waals surface area contributed by atoms with E-state index in [9.17, 15) is 9.59 Å². The number of carbonyl (C=O) groups excluding carboxylic acids is 2. The van der Waals surface area contributed by atoms with Crippen molar-refractivity contribution < 1.29 is 19.1 Å². The van der Waals surface area contributed by atoms with Gasteiger partial charge in [0, 0.05) is 24.7 Å². The van der Waals surface area contributed by atoms with Crippen molar-refractivity contribution in [3.63, 3.8) is 0 Å². The lowest BCUT2D eigenvalue weighted by atomic mass is 10.3. The molecule has 0 aliphatic rings. The third-order valence-corrected chi connectivity index (χ3v) is 5.77. The van der Waals surface area contributed by atoms with Gasteiger partial charge in [0.15, 0.2) is 0 Å². The number of hydrogen-bond donors (Lipinski definition) is 0. The average Bonchev–Trinajstić information content (AvgIpc) is 2.77. The number of hydrogen-bond acceptors (Lipinski definition) is 5. The highest BCUT2D eigenvalue weighted by molar-refractivity contribution is 9.13. The Labute approximate surface area is 138 Å². The van der Waals surface area contributed by atoms with Gasteiger partial charge in [-0.2, -0.15) is 0 Å². The molecule has 0 atom stereocenters. The Balaban J connectivity index is 2.75. The predicted molar refractivity (Wildman–Crippen MR) is 84.1 cm³/mol. The average molecular weight is 429 g/mol. The van der Waals surface area contributed by atoms with Gasteiger partial charge in [-0.15, -0.1) is 11.3 Å². The maximum absolute atomic E-state index is 12.4. The quantitative estimate of drug-likeness (QED) is 0.626. The van der Waals surface area contributed by atoms with E-state index < -0.39 is 0 Å². The topological polar surface area (TPSA) is 55.8 Å². The van der Waals surface area contributed by atoms with E-state index in [1.54, 1.807) is 18.1 Å². The molecule has 0 saturated carbocycles. The summed E-state index contributed by atoms with van der Waals surface area (Å²) in [4.78, 5) is 25.8. The van der Waals surface area contributed by atoms with Crippen LogP contribution in [-0.4, -0.2) is 50.7 Å². The van der Waals surface area contributed by atoms with Gasteiger partial charge in [-0.05, 0) is 37.9 Å². The van der Waals surface area contributed by atoms with E-state index in [-0.39, 0.29) is 18.3 Å². The molecule has 0 fully saturated rings. The molecule has 0 aromatic carbocycles. The summed E-state index contributed by atoms with van der Waals surface area (Å²) >= 11 is 8.06. The molecule has 1 heterocycles. The fourth-order valence-corrected chi connectivity index (χ4v) is 3.46. The van der Waals surface area contributed by atoms with E-state index in [0.29, 0.717) is 24.6 Å². The van der Waals surface area contributed by atoms with Crippen molar-refractivity contribution in [2.45, 2.75) is 6.42 Å². The number of methoxy groups -OCH3 is 2. The molecule has 0 N–H and O–H groups in total. The molecule has 1 rings (SSSR count). The lowest BCUT2D eigenvalue weighted by molar-refractivity contribution is -0.140. The largest absolute Gasteiger partial charge is 0.469 e. The molecule has 0 aliphatic heterocycles. The Morgan fingerprint density at radius 3 is 2.50 bits per heavy atom. The van der Waals surface area contributed by atoms with Gasteiger partial charge in [0.25, 0.3) is 5.91 Å². The molecule has 112 valence electrons. The summed E-state index contributed by atoms with van der Waals surface area (Å²) in [7, 11) is 2.90. The lowest BCUT2D eigenvalue weighted by Gasteiger charge is -2.21. The zero-order valence-electron chi connectivity index (χ0n) is 11.2. The van der Waals surface area contributed by atoms with Crippen LogP contribution < -0.4 is 0 Å². The first-order valence-corrected chi connectivity index (χ1v) is 8.19. The van der Waals surface area contributed by atoms with Crippen LogP contribution >= 0.6 is 43.2 Å². The van der Waals surface area contributed by atoms with Gasteiger partial charge in [0.1, 0.15) is 0 Å². The van der Waals surface area contributed by atoms with Crippen molar-refractivity contribution in [3.05, 3.63) is 19.2 Å². The Hall–Kier alpha value is -0.440. The van der Waals surface area contributed by atoms with Crippen molar-refractivity contribution in [1.29, 1.82) is 0 Å². The fourth-order valence-electron chi connectivity index (χ4n) is 1.45. The minimum atomic E-state index is -0.339. The van der Waals surface area contributed by atoms with E-state index in [2.05, 4.69) is 36.6 Å². The summed E-state index contributed by atoms with van der Waals surface area (Å²) in [6, 6.07) is 1.76. The molecule has 0 bridgehead atoms. The molecular weight excluding hydrogens is 414 g/mol. The molecule has 0 spiro atoms. The van der Waals surface area contributed by atoms with Gasteiger partial charge in [0.05, 0.1) is 28.8 Å². The SMILES string of the molecule is COCCN(CCC(=O)OC)C(=O)c1cc(Br)c(Br)s1. The molecule has 8 heteroatoms. The minimum absolute atomic E-state index is 0.123. The number of rotatable bonds is 7. The van der Waals surface area contributed by atoms with Gasteiger partial charge in [-0.3, -0.25) is 9.59 Å². The monoisotopic (exact) mass is 427 g/mol. The molecule has 0 unspecified atom stereocenters. The molecule has 1 aromatic heterocycles. The number of nitrogens with zero attached hydrogens (tertiary/aromatic N) is 1. The second-order valence-electron chi connectivity index (χ2n) is 3.84. The van der Waals surface area contributed by atoms with Gasteiger partial charge in [-0.25, -0.2) is 0 Å². The van der Waals surface area contributed by atoms with Crippen LogP contribution in [0.4, 0.5) is 0 Å². The normalized spacial score (nSPS) is 10.4. The smallest absolute Gasteiger partial charge is 0.307 e. The molecule has 1 aromatic rings. The Morgan fingerprint density at radius 2 is 2.00 bits per heavy atom. The van der Waals surface area contributed by atoms with Crippen LogP contribution in [0.15, 0.2) is 14.3 Å². The van der Waals surface area contributed by atoms with Crippen LogP contribution in [0.25, 0.3) is 0 Å². The number of halogens is 2.